The molecule has 2 heteroatoms. The first kappa shape index (κ1) is 10.7. The Hall–Kier alpha value is -1.80. The van der Waals surface area contributed by atoms with E-state index >= 15 is 0 Å². The number of hydrogen-bond acceptors (Lipinski definition) is 2. The lowest BCUT2D eigenvalue weighted by Gasteiger charge is -2.13. The summed E-state index contributed by atoms with van der Waals surface area (Å²) in [4.78, 5) is 0. The third-order valence-electron chi connectivity index (χ3n) is 2.59. The van der Waals surface area contributed by atoms with Crippen molar-refractivity contribution < 1.29 is 10.2 Å². The molecule has 0 saturated carbocycles. The van der Waals surface area contributed by atoms with Crippen LogP contribution in [0.25, 0.3) is 11.1 Å². The maximum absolute atomic E-state index is 9.88. The van der Waals surface area contributed by atoms with Crippen LogP contribution in [-0.2, 0) is 0 Å². The Morgan fingerprint density at radius 3 is 2.25 bits per heavy atom. The minimum absolute atomic E-state index is 0.199. The van der Waals surface area contributed by atoms with E-state index in [0.29, 0.717) is 5.56 Å². The molecule has 1 atom stereocenters. The van der Waals surface area contributed by atoms with Crippen LogP contribution in [0.5, 0.6) is 5.75 Å². The molecule has 0 saturated heterocycles. The molecule has 0 amide bonds. The molecule has 0 aliphatic rings. The molecule has 0 fully saturated rings. The number of phenols is 1. The minimum Gasteiger partial charge on any atom is -0.507 e. The van der Waals surface area contributed by atoms with Crippen molar-refractivity contribution in [3.63, 3.8) is 0 Å². The maximum Gasteiger partial charge on any atom is 0.123 e. The number of benzene rings is 2. The number of aliphatic hydroxyl groups excluding tert-OH is 1. The second-order valence-electron chi connectivity index (χ2n) is 3.78. The topological polar surface area (TPSA) is 40.5 Å². The van der Waals surface area contributed by atoms with Crippen molar-refractivity contribution in [3.05, 3.63) is 54.1 Å². The fourth-order valence-electron chi connectivity index (χ4n) is 1.82. The Morgan fingerprint density at radius 2 is 1.62 bits per heavy atom. The first-order chi connectivity index (χ1) is 7.70. The highest BCUT2D eigenvalue weighted by atomic mass is 16.3. The molecule has 0 aliphatic heterocycles. The van der Waals surface area contributed by atoms with E-state index in [1.54, 1.807) is 19.1 Å². The van der Waals surface area contributed by atoms with E-state index in [1.807, 2.05) is 36.4 Å². The summed E-state index contributed by atoms with van der Waals surface area (Å²) in [6.45, 7) is 1.70. The van der Waals surface area contributed by atoms with Crippen molar-refractivity contribution in [2.24, 2.45) is 0 Å². The Morgan fingerprint density at radius 1 is 0.938 bits per heavy atom. The van der Waals surface area contributed by atoms with Gasteiger partial charge in [-0.3, -0.25) is 0 Å². The summed E-state index contributed by atoms with van der Waals surface area (Å²) in [6, 6.07) is 14.8. The predicted molar refractivity (Wildman–Crippen MR) is 64.2 cm³/mol. The third-order valence-corrected chi connectivity index (χ3v) is 2.59. The number of aromatic hydroxyl groups is 1. The van der Waals surface area contributed by atoms with Gasteiger partial charge in [0.05, 0.1) is 6.10 Å². The van der Waals surface area contributed by atoms with Gasteiger partial charge in [0.2, 0.25) is 0 Å². The fourth-order valence-corrected chi connectivity index (χ4v) is 1.82. The first-order valence-electron chi connectivity index (χ1n) is 5.25. The molecule has 2 aromatic rings. The smallest absolute Gasteiger partial charge is 0.123 e. The van der Waals surface area contributed by atoms with Crippen LogP contribution in [0.3, 0.4) is 0 Å². The normalized spacial score (nSPS) is 12.4. The monoisotopic (exact) mass is 214 g/mol. The van der Waals surface area contributed by atoms with Gasteiger partial charge in [0.15, 0.2) is 0 Å². The van der Waals surface area contributed by atoms with E-state index in [9.17, 15) is 10.2 Å². The summed E-state index contributed by atoms with van der Waals surface area (Å²) in [5.74, 6) is 0.199. The number of rotatable bonds is 2. The van der Waals surface area contributed by atoms with Crippen molar-refractivity contribution in [1.82, 2.24) is 0 Å². The highest BCUT2D eigenvalue weighted by Crippen LogP contribution is 2.35. The molecule has 2 nitrogen and oxygen atoms in total. The van der Waals surface area contributed by atoms with Gasteiger partial charge in [-0.05, 0) is 24.1 Å². The lowest BCUT2D eigenvalue weighted by Crippen LogP contribution is -1.95. The van der Waals surface area contributed by atoms with Crippen LogP contribution in [0.15, 0.2) is 48.5 Å². The van der Waals surface area contributed by atoms with Gasteiger partial charge >= 0.3 is 0 Å². The van der Waals surface area contributed by atoms with Gasteiger partial charge in [0.1, 0.15) is 5.75 Å². The zero-order valence-corrected chi connectivity index (χ0v) is 9.09. The molecule has 2 N–H and O–H groups in total. The second kappa shape index (κ2) is 4.37. The number of aliphatic hydroxyl groups is 1. The molecule has 1 unspecified atom stereocenters. The van der Waals surface area contributed by atoms with Crippen molar-refractivity contribution >= 4 is 0 Å². The molecule has 0 heterocycles. The summed E-state index contributed by atoms with van der Waals surface area (Å²) in [5.41, 5.74) is 2.36. The predicted octanol–water partition coefficient (Wildman–Crippen LogP) is 3.11. The average molecular weight is 214 g/mol. The van der Waals surface area contributed by atoms with E-state index in [1.165, 1.54) is 0 Å². The summed E-state index contributed by atoms with van der Waals surface area (Å²) in [5, 5.41) is 19.6. The van der Waals surface area contributed by atoms with Gasteiger partial charge in [-0.1, -0.05) is 42.5 Å². The van der Waals surface area contributed by atoms with E-state index in [2.05, 4.69) is 0 Å². The van der Waals surface area contributed by atoms with E-state index < -0.39 is 6.10 Å². The quantitative estimate of drug-likeness (QED) is 0.806. The van der Waals surface area contributed by atoms with Gasteiger partial charge < -0.3 is 10.2 Å². The van der Waals surface area contributed by atoms with E-state index in [4.69, 9.17) is 0 Å². The van der Waals surface area contributed by atoms with Crippen LogP contribution in [-0.4, -0.2) is 10.2 Å². The summed E-state index contributed by atoms with van der Waals surface area (Å²) in [6.07, 6.45) is -0.595. The largest absolute Gasteiger partial charge is 0.507 e. The molecular weight excluding hydrogens is 200 g/mol. The molecule has 0 bridgehead atoms. The lowest BCUT2D eigenvalue weighted by molar-refractivity contribution is 0.199. The minimum atomic E-state index is -0.595. The standard InChI is InChI=1S/C14H14O2/c1-10(15)12-8-5-9-13(16)14(12)11-6-3-2-4-7-11/h2-10,15-16H,1H3. The first-order valence-corrected chi connectivity index (χ1v) is 5.25. The Kier molecular flexibility index (Phi) is 2.93. The Labute approximate surface area is 94.8 Å². The zero-order valence-electron chi connectivity index (χ0n) is 9.09. The SMILES string of the molecule is CC(O)c1cccc(O)c1-c1ccccc1. The molecule has 2 rings (SSSR count). The van der Waals surface area contributed by atoms with Crippen molar-refractivity contribution in [2.75, 3.05) is 0 Å². The Bertz CT molecular complexity index is 475. The fraction of sp³-hybridized carbons (Fsp3) is 0.143. The van der Waals surface area contributed by atoms with Crippen LogP contribution in [0.2, 0.25) is 0 Å². The van der Waals surface area contributed by atoms with Crippen LogP contribution >= 0.6 is 0 Å². The molecular formula is C14H14O2. The summed E-state index contributed by atoms with van der Waals surface area (Å²) < 4.78 is 0. The number of phenolic OH excluding ortho intramolecular Hbond substituents is 1. The molecule has 16 heavy (non-hydrogen) atoms. The Balaban J connectivity index is 2.64. The van der Waals surface area contributed by atoms with E-state index in [0.717, 1.165) is 11.1 Å². The van der Waals surface area contributed by atoms with Gasteiger partial charge in [-0.25, -0.2) is 0 Å². The van der Waals surface area contributed by atoms with Gasteiger partial charge in [0, 0.05) is 5.56 Å². The van der Waals surface area contributed by atoms with Crippen molar-refractivity contribution in [1.29, 1.82) is 0 Å². The molecule has 82 valence electrons. The molecule has 0 aliphatic carbocycles. The molecule has 2 aromatic carbocycles. The zero-order chi connectivity index (χ0) is 11.5. The van der Waals surface area contributed by atoms with Crippen LogP contribution < -0.4 is 0 Å². The third kappa shape index (κ3) is 1.92. The molecule has 0 spiro atoms. The van der Waals surface area contributed by atoms with Crippen LogP contribution in [0.4, 0.5) is 0 Å². The average Bonchev–Trinajstić information content (AvgIpc) is 2.29. The van der Waals surface area contributed by atoms with Gasteiger partial charge in [-0.15, -0.1) is 0 Å². The molecule has 0 aromatic heterocycles. The van der Waals surface area contributed by atoms with Gasteiger partial charge in [-0.2, -0.15) is 0 Å². The number of hydrogen-bond donors (Lipinski definition) is 2. The summed E-state index contributed by atoms with van der Waals surface area (Å²) >= 11 is 0. The van der Waals surface area contributed by atoms with Crippen molar-refractivity contribution in [2.45, 2.75) is 13.0 Å². The second-order valence-corrected chi connectivity index (χ2v) is 3.78. The van der Waals surface area contributed by atoms with Crippen molar-refractivity contribution in [3.8, 4) is 16.9 Å². The van der Waals surface area contributed by atoms with E-state index in [-0.39, 0.29) is 5.75 Å². The molecule has 0 radical (unpaired) electrons. The highest BCUT2D eigenvalue weighted by molar-refractivity contribution is 5.73. The summed E-state index contributed by atoms with van der Waals surface area (Å²) in [7, 11) is 0. The van der Waals surface area contributed by atoms with Crippen LogP contribution in [0, 0.1) is 0 Å². The lowest BCUT2D eigenvalue weighted by atomic mass is 9.96. The van der Waals surface area contributed by atoms with Crippen LogP contribution in [0.1, 0.15) is 18.6 Å². The van der Waals surface area contributed by atoms with Gasteiger partial charge in [0.25, 0.3) is 0 Å². The highest BCUT2D eigenvalue weighted by Gasteiger charge is 2.12. The maximum atomic E-state index is 9.88.